The zero-order chi connectivity index (χ0) is 23.0. The zero-order valence-electron chi connectivity index (χ0n) is 20.1. The molecule has 0 spiro atoms. The van der Waals surface area contributed by atoms with Crippen LogP contribution in [0.5, 0.6) is 0 Å². The molecule has 32 heavy (non-hydrogen) atoms. The van der Waals surface area contributed by atoms with Gasteiger partial charge in [0, 0.05) is 44.1 Å². The molecule has 0 N–H and O–H groups in total. The SMILES string of the molecule is CCOCC(=O)N1CCN(c2nc(C3CC3)c3c(c2C#N)CC(C)(C)OC3)C[C@H]1C(C)C. The number of fused-ring (bicyclic) bond motifs is 1. The van der Waals surface area contributed by atoms with E-state index in [-0.39, 0.29) is 24.2 Å². The fourth-order valence-corrected chi connectivity index (χ4v) is 4.97. The van der Waals surface area contributed by atoms with Gasteiger partial charge in [0.1, 0.15) is 18.5 Å². The highest BCUT2D eigenvalue weighted by Gasteiger charge is 2.39. The van der Waals surface area contributed by atoms with Gasteiger partial charge in [-0.2, -0.15) is 5.26 Å². The van der Waals surface area contributed by atoms with E-state index in [4.69, 9.17) is 14.5 Å². The third-order valence-corrected chi connectivity index (χ3v) is 6.95. The van der Waals surface area contributed by atoms with Crippen LogP contribution in [-0.4, -0.2) is 60.3 Å². The van der Waals surface area contributed by atoms with Gasteiger partial charge in [0.15, 0.2) is 0 Å². The van der Waals surface area contributed by atoms with Crippen LogP contribution in [0.1, 0.15) is 75.8 Å². The average molecular weight is 441 g/mol. The Labute approximate surface area is 191 Å². The molecule has 1 amide bonds. The molecule has 7 heteroatoms. The number of aromatic nitrogens is 1. The van der Waals surface area contributed by atoms with Crippen molar-refractivity contribution < 1.29 is 14.3 Å². The van der Waals surface area contributed by atoms with Gasteiger partial charge in [-0.3, -0.25) is 4.79 Å². The van der Waals surface area contributed by atoms with E-state index in [0.29, 0.717) is 50.2 Å². The van der Waals surface area contributed by atoms with Crippen molar-refractivity contribution in [2.75, 3.05) is 37.7 Å². The number of carbonyl (C=O) groups is 1. The molecule has 1 aliphatic carbocycles. The number of anilines is 1. The zero-order valence-corrected chi connectivity index (χ0v) is 20.1. The lowest BCUT2D eigenvalue weighted by atomic mass is 9.87. The van der Waals surface area contributed by atoms with Gasteiger partial charge in [-0.15, -0.1) is 0 Å². The molecule has 4 rings (SSSR count). The van der Waals surface area contributed by atoms with E-state index in [1.165, 1.54) is 0 Å². The van der Waals surface area contributed by atoms with E-state index in [1.54, 1.807) is 0 Å². The third-order valence-electron chi connectivity index (χ3n) is 6.95. The van der Waals surface area contributed by atoms with Crippen LogP contribution in [0.2, 0.25) is 0 Å². The van der Waals surface area contributed by atoms with Crippen LogP contribution in [-0.2, 0) is 27.3 Å². The van der Waals surface area contributed by atoms with Crippen molar-refractivity contribution in [1.82, 2.24) is 9.88 Å². The third kappa shape index (κ3) is 4.49. The van der Waals surface area contributed by atoms with Crippen molar-refractivity contribution in [2.45, 2.75) is 78.0 Å². The quantitative estimate of drug-likeness (QED) is 0.675. The predicted octanol–water partition coefficient (Wildman–Crippen LogP) is 3.39. The first-order valence-electron chi connectivity index (χ1n) is 12.0. The average Bonchev–Trinajstić information content (AvgIpc) is 3.60. The van der Waals surface area contributed by atoms with Gasteiger partial charge in [0.05, 0.1) is 29.5 Å². The molecule has 1 saturated carbocycles. The molecule has 1 atom stereocenters. The molecular formula is C25H36N4O3. The summed E-state index contributed by atoms with van der Waals surface area (Å²) in [5.74, 6) is 1.62. The second-order valence-electron chi connectivity index (χ2n) is 10.2. The number of piperazine rings is 1. The van der Waals surface area contributed by atoms with Crippen LogP contribution in [0.15, 0.2) is 0 Å². The Hall–Kier alpha value is -2.17. The number of rotatable bonds is 6. The molecule has 174 valence electrons. The molecule has 0 bridgehead atoms. The lowest BCUT2D eigenvalue weighted by molar-refractivity contribution is -0.139. The van der Waals surface area contributed by atoms with Gasteiger partial charge in [0.25, 0.3) is 0 Å². The van der Waals surface area contributed by atoms with Crippen LogP contribution in [0, 0.1) is 17.2 Å². The predicted molar refractivity (Wildman–Crippen MR) is 123 cm³/mol. The fourth-order valence-electron chi connectivity index (χ4n) is 4.97. The normalized spacial score (nSPS) is 22.6. The summed E-state index contributed by atoms with van der Waals surface area (Å²) in [5, 5.41) is 10.2. The molecule has 2 fully saturated rings. The molecule has 1 aromatic heterocycles. The Bertz CT molecular complexity index is 917. The van der Waals surface area contributed by atoms with Crippen molar-refractivity contribution in [2.24, 2.45) is 5.92 Å². The Balaban J connectivity index is 1.68. The van der Waals surface area contributed by atoms with Crippen LogP contribution in [0.25, 0.3) is 0 Å². The number of ether oxygens (including phenoxy) is 2. The smallest absolute Gasteiger partial charge is 0.248 e. The molecule has 2 aliphatic heterocycles. The van der Waals surface area contributed by atoms with E-state index in [9.17, 15) is 10.1 Å². The molecule has 1 aromatic rings. The van der Waals surface area contributed by atoms with Gasteiger partial charge in [-0.1, -0.05) is 13.8 Å². The van der Waals surface area contributed by atoms with Crippen molar-refractivity contribution in [3.63, 3.8) is 0 Å². The maximum absolute atomic E-state index is 12.8. The Morgan fingerprint density at radius 1 is 1.31 bits per heavy atom. The van der Waals surface area contributed by atoms with Crippen molar-refractivity contribution in [1.29, 1.82) is 5.26 Å². The summed E-state index contributed by atoms with van der Waals surface area (Å²) in [7, 11) is 0. The highest BCUT2D eigenvalue weighted by atomic mass is 16.5. The maximum Gasteiger partial charge on any atom is 0.248 e. The summed E-state index contributed by atoms with van der Waals surface area (Å²) >= 11 is 0. The molecular weight excluding hydrogens is 404 g/mol. The Morgan fingerprint density at radius 2 is 2.06 bits per heavy atom. The van der Waals surface area contributed by atoms with E-state index in [2.05, 4.69) is 38.7 Å². The standard InChI is InChI=1S/C25H36N4O3/c1-6-31-15-22(30)29-10-9-28(13-21(29)16(2)3)24-19(12-26)18-11-25(4,5)32-14-20(18)23(27-24)17-7-8-17/h16-17,21H,6-11,13-15H2,1-5H3/t21-/m0/s1. The number of hydrogen-bond donors (Lipinski definition) is 0. The van der Waals surface area contributed by atoms with E-state index in [0.717, 1.165) is 41.9 Å². The number of hydrogen-bond acceptors (Lipinski definition) is 6. The molecule has 0 aromatic carbocycles. The molecule has 0 radical (unpaired) electrons. The van der Waals surface area contributed by atoms with Crippen LogP contribution in [0.3, 0.4) is 0 Å². The minimum Gasteiger partial charge on any atom is -0.372 e. The van der Waals surface area contributed by atoms with Crippen LogP contribution in [0.4, 0.5) is 5.82 Å². The minimum atomic E-state index is -0.289. The summed E-state index contributed by atoms with van der Waals surface area (Å²) in [5.41, 5.74) is 3.78. The van der Waals surface area contributed by atoms with Gasteiger partial charge in [-0.05, 0) is 45.1 Å². The monoisotopic (exact) mass is 440 g/mol. The number of nitrogens with zero attached hydrogens (tertiary/aromatic N) is 4. The first-order chi connectivity index (χ1) is 15.3. The second kappa shape index (κ2) is 8.99. The van der Waals surface area contributed by atoms with Crippen LogP contribution < -0.4 is 4.90 Å². The number of nitriles is 1. The van der Waals surface area contributed by atoms with E-state index in [1.807, 2.05) is 11.8 Å². The topological polar surface area (TPSA) is 78.7 Å². The highest BCUT2D eigenvalue weighted by Crippen LogP contribution is 2.45. The maximum atomic E-state index is 12.8. The first-order valence-corrected chi connectivity index (χ1v) is 12.0. The number of amides is 1. The summed E-state index contributed by atoms with van der Waals surface area (Å²) in [6, 6.07) is 2.55. The number of carbonyl (C=O) groups excluding carboxylic acids is 1. The van der Waals surface area contributed by atoms with Gasteiger partial charge in [-0.25, -0.2) is 4.98 Å². The summed E-state index contributed by atoms with van der Waals surface area (Å²) < 4.78 is 11.5. The second-order valence-corrected chi connectivity index (χ2v) is 10.2. The molecule has 1 saturated heterocycles. The Morgan fingerprint density at radius 3 is 2.69 bits per heavy atom. The molecule has 0 unspecified atom stereocenters. The first kappa shape index (κ1) is 23.0. The van der Waals surface area contributed by atoms with E-state index >= 15 is 0 Å². The number of pyridine rings is 1. The lowest BCUT2D eigenvalue weighted by Gasteiger charge is -2.44. The Kier molecular flexibility index (Phi) is 6.46. The molecule has 3 heterocycles. The summed E-state index contributed by atoms with van der Waals surface area (Å²) in [4.78, 5) is 22.0. The van der Waals surface area contributed by atoms with Gasteiger partial charge >= 0.3 is 0 Å². The summed E-state index contributed by atoms with van der Waals surface area (Å²) in [6.07, 6.45) is 3.03. The van der Waals surface area contributed by atoms with Crippen molar-refractivity contribution >= 4 is 11.7 Å². The molecule has 3 aliphatic rings. The molecule has 7 nitrogen and oxygen atoms in total. The highest BCUT2D eigenvalue weighted by molar-refractivity contribution is 5.78. The van der Waals surface area contributed by atoms with Gasteiger partial charge < -0.3 is 19.3 Å². The van der Waals surface area contributed by atoms with Crippen molar-refractivity contribution in [3.05, 3.63) is 22.4 Å². The fraction of sp³-hybridized carbons (Fsp3) is 0.720. The largest absolute Gasteiger partial charge is 0.372 e. The summed E-state index contributed by atoms with van der Waals surface area (Å²) in [6.45, 7) is 13.5. The minimum absolute atomic E-state index is 0.0432. The van der Waals surface area contributed by atoms with Crippen molar-refractivity contribution in [3.8, 4) is 6.07 Å². The van der Waals surface area contributed by atoms with Gasteiger partial charge in [0.2, 0.25) is 5.91 Å². The van der Waals surface area contributed by atoms with Crippen LogP contribution >= 0.6 is 0 Å². The van der Waals surface area contributed by atoms with E-state index < -0.39 is 0 Å². The lowest BCUT2D eigenvalue weighted by Crippen LogP contribution is -2.58.